The van der Waals surface area contributed by atoms with E-state index in [-0.39, 0.29) is 18.0 Å². The number of likely N-dealkylation sites (N-methyl/N-ethyl adjacent to an activating group) is 1. The summed E-state index contributed by atoms with van der Waals surface area (Å²) < 4.78 is 4.46. The van der Waals surface area contributed by atoms with Crippen molar-refractivity contribution < 1.29 is 4.79 Å². The molecule has 2 atom stereocenters. The maximum Gasteiger partial charge on any atom is 0.237 e. The van der Waals surface area contributed by atoms with Crippen molar-refractivity contribution in [1.29, 1.82) is 0 Å². The van der Waals surface area contributed by atoms with E-state index in [9.17, 15) is 4.79 Å². The summed E-state index contributed by atoms with van der Waals surface area (Å²) in [6.07, 6.45) is 4.31. The Balaban J connectivity index is 1.48. The maximum atomic E-state index is 12.5. The van der Waals surface area contributed by atoms with Gasteiger partial charge in [-0.05, 0) is 52.1 Å². The van der Waals surface area contributed by atoms with E-state index in [1.807, 2.05) is 7.05 Å². The molecule has 25 heavy (non-hydrogen) atoms. The van der Waals surface area contributed by atoms with E-state index >= 15 is 0 Å². The molecule has 3 heterocycles. The van der Waals surface area contributed by atoms with Gasteiger partial charge in [-0.1, -0.05) is 13.8 Å². The number of hydrogen-bond acceptors (Lipinski definition) is 6. The van der Waals surface area contributed by atoms with Crippen LogP contribution in [0.1, 0.15) is 58.2 Å². The highest BCUT2D eigenvalue weighted by molar-refractivity contribution is 7.09. The molecule has 1 N–H and O–H groups in total. The Labute approximate surface area is 155 Å². The lowest BCUT2D eigenvalue weighted by atomic mass is 9.90. The van der Waals surface area contributed by atoms with Crippen molar-refractivity contribution in [3.8, 4) is 0 Å². The number of rotatable bonds is 5. The van der Waals surface area contributed by atoms with E-state index in [1.165, 1.54) is 11.5 Å². The fraction of sp³-hybridized carbons (Fsp3) is 0.833. The van der Waals surface area contributed by atoms with Gasteiger partial charge in [0.2, 0.25) is 11.0 Å². The fourth-order valence-electron chi connectivity index (χ4n) is 3.86. The first-order valence-corrected chi connectivity index (χ1v) is 10.3. The Morgan fingerprint density at radius 1 is 1.20 bits per heavy atom. The van der Waals surface area contributed by atoms with Gasteiger partial charge in [0.05, 0.1) is 6.04 Å². The summed E-state index contributed by atoms with van der Waals surface area (Å²) in [5.41, 5.74) is 0. The quantitative estimate of drug-likeness (QED) is 0.869. The van der Waals surface area contributed by atoms with Crippen molar-refractivity contribution in [2.24, 2.45) is 5.92 Å². The van der Waals surface area contributed by atoms with Crippen molar-refractivity contribution in [1.82, 2.24) is 19.6 Å². The first kappa shape index (κ1) is 18.6. The monoisotopic (exact) mass is 365 g/mol. The first-order valence-electron chi connectivity index (χ1n) is 9.55. The van der Waals surface area contributed by atoms with Crippen molar-refractivity contribution >= 4 is 22.6 Å². The SMILES string of the molecule is CC(C)c1nsc(N2CCC([C@@H](C)NC(=O)C3CCCN3C)CC2)n1. The van der Waals surface area contributed by atoms with E-state index in [0.717, 1.165) is 56.3 Å². The molecule has 1 amide bonds. The first-order chi connectivity index (χ1) is 12.0. The molecule has 3 rings (SSSR count). The minimum Gasteiger partial charge on any atom is -0.352 e. The van der Waals surface area contributed by atoms with Gasteiger partial charge in [0.1, 0.15) is 5.82 Å². The van der Waals surface area contributed by atoms with Gasteiger partial charge in [-0.3, -0.25) is 9.69 Å². The van der Waals surface area contributed by atoms with Crippen molar-refractivity contribution in [3.05, 3.63) is 5.82 Å². The molecule has 2 aliphatic rings. The molecule has 7 heteroatoms. The van der Waals surface area contributed by atoms with Crippen LogP contribution in [-0.2, 0) is 4.79 Å². The summed E-state index contributed by atoms with van der Waals surface area (Å²) in [5, 5.41) is 4.32. The molecule has 2 fully saturated rings. The highest BCUT2D eigenvalue weighted by Crippen LogP contribution is 2.28. The van der Waals surface area contributed by atoms with Crippen LogP contribution in [0.25, 0.3) is 0 Å². The lowest BCUT2D eigenvalue weighted by Gasteiger charge is -2.35. The molecule has 0 aromatic carbocycles. The van der Waals surface area contributed by atoms with E-state index in [2.05, 4.69) is 45.2 Å². The number of hydrogen-bond donors (Lipinski definition) is 1. The van der Waals surface area contributed by atoms with Crippen molar-refractivity contribution in [2.75, 3.05) is 31.6 Å². The third kappa shape index (κ3) is 4.31. The smallest absolute Gasteiger partial charge is 0.237 e. The van der Waals surface area contributed by atoms with Crippen LogP contribution in [-0.4, -0.2) is 58.9 Å². The molecule has 140 valence electrons. The normalized spacial score (nSPS) is 24.0. The molecule has 1 aromatic rings. The topological polar surface area (TPSA) is 61.4 Å². The molecular formula is C18H31N5OS. The second kappa shape index (κ2) is 7.99. The Morgan fingerprint density at radius 2 is 1.92 bits per heavy atom. The van der Waals surface area contributed by atoms with E-state index in [0.29, 0.717) is 11.8 Å². The molecule has 0 radical (unpaired) electrons. The third-order valence-electron chi connectivity index (χ3n) is 5.66. The van der Waals surface area contributed by atoms with E-state index in [4.69, 9.17) is 0 Å². The lowest BCUT2D eigenvalue weighted by molar-refractivity contribution is -0.126. The summed E-state index contributed by atoms with van der Waals surface area (Å²) in [4.78, 5) is 21.7. The third-order valence-corrected chi connectivity index (χ3v) is 6.45. The van der Waals surface area contributed by atoms with Crippen LogP contribution in [0.2, 0.25) is 0 Å². The van der Waals surface area contributed by atoms with Gasteiger partial charge >= 0.3 is 0 Å². The second-order valence-corrected chi connectivity index (χ2v) is 8.58. The van der Waals surface area contributed by atoms with Gasteiger partial charge in [-0.25, -0.2) is 4.98 Å². The molecular weight excluding hydrogens is 334 g/mol. The Morgan fingerprint density at radius 3 is 2.48 bits per heavy atom. The van der Waals surface area contributed by atoms with Crippen LogP contribution in [0.15, 0.2) is 0 Å². The Bertz CT molecular complexity index is 582. The molecule has 0 aliphatic carbocycles. The average molecular weight is 366 g/mol. The highest BCUT2D eigenvalue weighted by Gasteiger charge is 2.31. The Kier molecular flexibility index (Phi) is 5.94. The molecule has 1 unspecified atom stereocenters. The van der Waals surface area contributed by atoms with Gasteiger partial charge < -0.3 is 10.2 Å². The number of amides is 1. The van der Waals surface area contributed by atoms with Gasteiger partial charge in [0.25, 0.3) is 0 Å². The molecule has 6 nitrogen and oxygen atoms in total. The van der Waals surface area contributed by atoms with Crippen LogP contribution in [0.4, 0.5) is 5.13 Å². The van der Waals surface area contributed by atoms with Crippen LogP contribution in [0, 0.1) is 5.92 Å². The Hall–Kier alpha value is -1.21. The predicted molar refractivity (Wildman–Crippen MR) is 102 cm³/mol. The van der Waals surface area contributed by atoms with Crippen molar-refractivity contribution in [3.63, 3.8) is 0 Å². The molecule has 0 bridgehead atoms. The number of carbonyl (C=O) groups excluding carboxylic acids is 1. The summed E-state index contributed by atoms with van der Waals surface area (Å²) in [5.74, 6) is 2.08. The number of aromatic nitrogens is 2. The lowest BCUT2D eigenvalue weighted by Crippen LogP contribution is -2.49. The number of nitrogens with zero attached hydrogens (tertiary/aromatic N) is 4. The van der Waals surface area contributed by atoms with Crippen LogP contribution in [0.5, 0.6) is 0 Å². The molecule has 2 aliphatic heterocycles. The number of piperidine rings is 1. The van der Waals surface area contributed by atoms with Crippen LogP contribution < -0.4 is 10.2 Å². The summed E-state index contributed by atoms with van der Waals surface area (Å²) in [6.45, 7) is 9.45. The molecule has 0 saturated carbocycles. The summed E-state index contributed by atoms with van der Waals surface area (Å²) in [7, 11) is 2.05. The highest BCUT2D eigenvalue weighted by atomic mass is 32.1. The molecule has 1 aromatic heterocycles. The zero-order valence-electron chi connectivity index (χ0n) is 15.9. The van der Waals surface area contributed by atoms with Crippen molar-refractivity contribution in [2.45, 2.75) is 64.5 Å². The molecule has 2 saturated heterocycles. The summed E-state index contributed by atoms with van der Waals surface area (Å²) >= 11 is 1.51. The van der Waals surface area contributed by atoms with E-state index < -0.39 is 0 Å². The minimum atomic E-state index is 0.0680. The average Bonchev–Trinajstić information content (AvgIpc) is 3.24. The van der Waals surface area contributed by atoms with E-state index in [1.54, 1.807) is 0 Å². The zero-order chi connectivity index (χ0) is 18.0. The number of carbonyl (C=O) groups is 1. The number of nitrogens with one attached hydrogen (secondary N) is 1. The number of likely N-dealkylation sites (tertiary alicyclic amines) is 1. The van der Waals surface area contributed by atoms with Gasteiger partial charge in [0.15, 0.2) is 0 Å². The van der Waals surface area contributed by atoms with Gasteiger partial charge in [-0.2, -0.15) is 4.37 Å². The van der Waals surface area contributed by atoms with Gasteiger partial charge in [0, 0.05) is 36.6 Å². The van der Waals surface area contributed by atoms with Gasteiger partial charge in [-0.15, -0.1) is 0 Å². The second-order valence-electron chi connectivity index (χ2n) is 7.85. The molecule has 0 spiro atoms. The largest absolute Gasteiger partial charge is 0.352 e. The minimum absolute atomic E-state index is 0.0680. The summed E-state index contributed by atoms with van der Waals surface area (Å²) in [6, 6.07) is 0.308. The van der Waals surface area contributed by atoms with Crippen LogP contribution >= 0.6 is 11.5 Å². The van der Waals surface area contributed by atoms with Crippen LogP contribution in [0.3, 0.4) is 0 Å². The standard InChI is InChI=1S/C18H31N5OS/c1-12(2)16-20-18(25-21-16)23-10-7-14(8-11-23)13(3)19-17(24)15-6-5-9-22(15)4/h12-15H,5-11H2,1-4H3,(H,19,24)/t13-,15?/m1/s1. The maximum absolute atomic E-state index is 12.5. The fourth-order valence-corrected chi connectivity index (χ4v) is 4.72. The number of anilines is 1. The zero-order valence-corrected chi connectivity index (χ0v) is 16.7. The predicted octanol–water partition coefficient (Wildman–Crippen LogP) is 2.48.